The Morgan fingerprint density at radius 1 is 1.17 bits per heavy atom. The van der Waals surface area contributed by atoms with Gasteiger partial charge < -0.3 is 9.47 Å². The zero-order valence-electron chi connectivity index (χ0n) is 15.6. The summed E-state index contributed by atoms with van der Waals surface area (Å²) in [5, 5.41) is 10.4. The number of ether oxygens (including phenoxy) is 2. The van der Waals surface area contributed by atoms with E-state index in [0.717, 1.165) is 11.8 Å². The third-order valence-corrected chi connectivity index (χ3v) is 3.77. The molecule has 1 aromatic heterocycles. The van der Waals surface area contributed by atoms with E-state index in [1.54, 1.807) is 25.1 Å². The van der Waals surface area contributed by atoms with Gasteiger partial charge in [-0.05, 0) is 55.0 Å². The molecule has 3 rings (SSSR count). The van der Waals surface area contributed by atoms with Gasteiger partial charge in [0.05, 0.1) is 18.9 Å². The second kappa shape index (κ2) is 8.79. The quantitative estimate of drug-likeness (QED) is 0.288. The van der Waals surface area contributed by atoms with Crippen LogP contribution < -0.4 is 14.9 Å². The highest BCUT2D eigenvalue weighted by Crippen LogP contribution is 2.28. The van der Waals surface area contributed by atoms with Crippen LogP contribution in [0.2, 0.25) is 0 Å². The number of hydrogen-bond acceptors (Lipinski definition) is 6. The molecule has 29 heavy (non-hydrogen) atoms. The molecular weight excluding hydrogens is 379 g/mol. The summed E-state index contributed by atoms with van der Waals surface area (Å²) < 4.78 is 23.8. The molecule has 2 aromatic carbocycles. The standard InChI is InChI=1S/C20H17FN4O4/c1-12-8-16(24-23-12)19(26)25-22-11-13-6-7-17(18(9-13)28-2)29-20(27)14-4-3-5-15(21)10-14/h3-11H,1-2H3,(H,23,24)(H,25,26). The Morgan fingerprint density at radius 2 is 2.00 bits per heavy atom. The molecule has 148 valence electrons. The third-order valence-electron chi connectivity index (χ3n) is 3.77. The predicted octanol–water partition coefficient (Wildman–Crippen LogP) is 2.85. The van der Waals surface area contributed by atoms with Gasteiger partial charge in [-0.3, -0.25) is 9.89 Å². The van der Waals surface area contributed by atoms with E-state index in [2.05, 4.69) is 20.7 Å². The van der Waals surface area contributed by atoms with Crippen molar-refractivity contribution < 1.29 is 23.5 Å². The second-order valence-electron chi connectivity index (χ2n) is 5.95. The number of benzene rings is 2. The first-order chi connectivity index (χ1) is 14.0. The molecule has 0 radical (unpaired) electrons. The Hall–Kier alpha value is -4.01. The minimum Gasteiger partial charge on any atom is -0.493 e. The molecule has 2 N–H and O–H groups in total. The van der Waals surface area contributed by atoms with E-state index in [-0.39, 0.29) is 22.8 Å². The topological polar surface area (TPSA) is 106 Å². The Labute approximate surface area is 165 Å². The zero-order valence-corrected chi connectivity index (χ0v) is 15.6. The minimum atomic E-state index is -0.717. The average molecular weight is 396 g/mol. The molecule has 1 amide bonds. The Balaban J connectivity index is 1.68. The molecule has 0 spiro atoms. The summed E-state index contributed by atoms with van der Waals surface area (Å²) in [5.41, 5.74) is 4.00. The summed E-state index contributed by atoms with van der Waals surface area (Å²) in [6, 6.07) is 11.5. The van der Waals surface area contributed by atoms with Crippen LogP contribution in [0.25, 0.3) is 0 Å². The lowest BCUT2D eigenvalue weighted by Crippen LogP contribution is -2.18. The molecule has 0 saturated carbocycles. The highest BCUT2D eigenvalue weighted by molar-refractivity contribution is 5.93. The van der Waals surface area contributed by atoms with Crippen LogP contribution in [0.1, 0.15) is 32.1 Å². The smallest absolute Gasteiger partial charge is 0.343 e. The number of amides is 1. The zero-order chi connectivity index (χ0) is 20.8. The van der Waals surface area contributed by atoms with Crippen LogP contribution in [0.15, 0.2) is 53.6 Å². The first kappa shape index (κ1) is 19.7. The molecule has 0 fully saturated rings. The predicted molar refractivity (Wildman–Crippen MR) is 103 cm³/mol. The largest absolute Gasteiger partial charge is 0.493 e. The molecule has 8 nitrogen and oxygen atoms in total. The summed E-state index contributed by atoms with van der Waals surface area (Å²) in [6.45, 7) is 1.78. The van der Waals surface area contributed by atoms with Crippen molar-refractivity contribution in [2.24, 2.45) is 5.10 Å². The van der Waals surface area contributed by atoms with Gasteiger partial charge in [0.15, 0.2) is 17.2 Å². The molecule has 0 atom stereocenters. The fraction of sp³-hybridized carbons (Fsp3) is 0.100. The van der Waals surface area contributed by atoms with E-state index < -0.39 is 17.7 Å². The first-order valence-corrected chi connectivity index (χ1v) is 8.47. The molecule has 3 aromatic rings. The number of hydrogen-bond donors (Lipinski definition) is 2. The molecule has 0 saturated heterocycles. The number of aryl methyl sites for hydroxylation is 1. The van der Waals surface area contributed by atoms with Crippen molar-refractivity contribution in [2.45, 2.75) is 6.92 Å². The van der Waals surface area contributed by atoms with Crippen LogP contribution in [-0.2, 0) is 0 Å². The average Bonchev–Trinajstić information content (AvgIpc) is 3.15. The summed E-state index contributed by atoms with van der Waals surface area (Å²) in [4.78, 5) is 24.1. The number of carbonyl (C=O) groups is 2. The van der Waals surface area contributed by atoms with Crippen molar-refractivity contribution in [3.63, 3.8) is 0 Å². The normalized spacial score (nSPS) is 10.7. The SMILES string of the molecule is COc1cc(C=NNC(=O)c2cc(C)[nH]n2)ccc1OC(=O)c1cccc(F)c1. The van der Waals surface area contributed by atoms with Gasteiger partial charge in [-0.25, -0.2) is 14.6 Å². The van der Waals surface area contributed by atoms with Crippen LogP contribution in [0.4, 0.5) is 4.39 Å². The maximum absolute atomic E-state index is 13.3. The van der Waals surface area contributed by atoms with Gasteiger partial charge in [-0.1, -0.05) is 6.07 Å². The van der Waals surface area contributed by atoms with Crippen LogP contribution in [0.5, 0.6) is 11.5 Å². The van der Waals surface area contributed by atoms with Crippen molar-refractivity contribution >= 4 is 18.1 Å². The summed E-state index contributed by atoms with van der Waals surface area (Å²) in [6.07, 6.45) is 1.40. The molecule has 0 aliphatic heterocycles. The maximum Gasteiger partial charge on any atom is 0.343 e. The van der Waals surface area contributed by atoms with Gasteiger partial charge in [0.25, 0.3) is 5.91 Å². The fourth-order valence-electron chi connectivity index (χ4n) is 2.38. The van der Waals surface area contributed by atoms with Crippen molar-refractivity contribution in [2.75, 3.05) is 7.11 Å². The molecule has 1 heterocycles. The summed E-state index contributed by atoms with van der Waals surface area (Å²) in [7, 11) is 1.41. The molecular formula is C20H17FN4O4. The highest BCUT2D eigenvalue weighted by atomic mass is 19.1. The van der Waals surface area contributed by atoms with Crippen LogP contribution in [-0.4, -0.2) is 35.4 Å². The van der Waals surface area contributed by atoms with Gasteiger partial charge in [-0.15, -0.1) is 0 Å². The highest BCUT2D eigenvalue weighted by Gasteiger charge is 2.13. The lowest BCUT2D eigenvalue weighted by atomic mass is 10.2. The maximum atomic E-state index is 13.3. The van der Waals surface area contributed by atoms with E-state index in [4.69, 9.17) is 9.47 Å². The Kier molecular flexibility index (Phi) is 5.98. The van der Waals surface area contributed by atoms with Gasteiger partial charge >= 0.3 is 5.97 Å². The number of H-pyrrole nitrogens is 1. The number of nitrogens with one attached hydrogen (secondary N) is 2. The number of halogens is 1. The number of hydrazone groups is 1. The van der Waals surface area contributed by atoms with Crippen LogP contribution in [0, 0.1) is 12.7 Å². The number of carbonyl (C=O) groups excluding carboxylic acids is 2. The third kappa shape index (κ3) is 5.04. The number of esters is 1. The number of aromatic nitrogens is 2. The van der Waals surface area contributed by atoms with Gasteiger partial charge in [0, 0.05) is 5.69 Å². The van der Waals surface area contributed by atoms with E-state index in [1.165, 1.54) is 37.6 Å². The van der Waals surface area contributed by atoms with E-state index >= 15 is 0 Å². The second-order valence-corrected chi connectivity index (χ2v) is 5.95. The molecule has 0 unspecified atom stereocenters. The monoisotopic (exact) mass is 396 g/mol. The Bertz CT molecular complexity index is 1080. The van der Waals surface area contributed by atoms with Crippen LogP contribution >= 0.6 is 0 Å². The number of aromatic amines is 1. The van der Waals surface area contributed by atoms with E-state index in [0.29, 0.717) is 5.56 Å². The summed E-state index contributed by atoms with van der Waals surface area (Å²) in [5.74, 6) is -1.28. The van der Waals surface area contributed by atoms with Gasteiger partial charge in [-0.2, -0.15) is 10.2 Å². The fourth-order valence-corrected chi connectivity index (χ4v) is 2.38. The first-order valence-electron chi connectivity index (χ1n) is 8.47. The molecule has 0 aliphatic rings. The minimum absolute atomic E-state index is 0.0778. The van der Waals surface area contributed by atoms with Crippen LogP contribution in [0.3, 0.4) is 0 Å². The number of rotatable bonds is 6. The van der Waals surface area contributed by atoms with Crippen molar-refractivity contribution in [1.82, 2.24) is 15.6 Å². The van der Waals surface area contributed by atoms with Gasteiger partial charge in [0.1, 0.15) is 5.82 Å². The van der Waals surface area contributed by atoms with Crippen molar-refractivity contribution in [1.29, 1.82) is 0 Å². The molecule has 0 aliphatic carbocycles. The van der Waals surface area contributed by atoms with E-state index in [1.807, 2.05) is 0 Å². The number of nitrogens with zero attached hydrogens (tertiary/aromatic N) is 2. The Morgan fingerprint density at radius 3 is 2.69 bits per heavy atom. The lowest BCUT2D eigenvalue weighted by Gasteiger charge is -2.10. The lowest BCUT2D eigenvalue weighted by molar-refractivity contribution is 0.0729. The molecule has 0 bridgehead atoms. The number of methoxy groups -OCH3 is 1. The van der Waals surface area contributed by atoms with Crippen molar-refractivity contribution in [3.8, 4) is 11.5 Å². The summed E-state index contributed by atoms with van der Waals surface area (Å²) >= 11 is 0. The van der Waals surface area contributed by atoms with Gasteiger partial charge in [0.2, 0.25) is 0 Å². The molecule has 9 heteroatoms. The van der Waals surface area contributed by atoms with Crippen molar-refractivity contribution in [3.05, 3.63) is 76.9 Å². The van der Waals surface area contributed by atoms with E-state index in [9.17, 15) is 14.0 Å².